The summed E-state index contributed by atoms with van der Waals surface area (Å²) in [5.41, 5.74) is 5.92. The molecule has 1 N–H and O–H groups in total. The number of fused-ring (bicyclic) bond motifs is 1. The first-order chi connectivity index (χ1) is 14.2. The minimum atomic E-state index is 0.241. The third kappa shape index (κ3) is 4.03. The Morgan fingerprint density at radius 3 is 2.69 bits per heavy atom. The largest absolute Gasteiger partial charge is 0.497 e. The number of nitrogens with one attached hydrogen (secondary N) is 1. The minimum Gasteiger partial charge on any atom is -0.497 e. The smallest absolute Gasteiger partial charge is 0.119 e. The number of benzene rings is 2. The Hall–Kier alpha value is -3.11. The zero-order valence-electron chi connectivity index (χ0n) is 17.2. The van der Waals surface area contributed by atoms with E-state index >= 15 is 0 Å². The number of ether oxygens (including phenoxy) is 1. The van der Waals surface area contributed by atoms with Gasteiger partial charge in [0.1, 0.15) is 5.75 Å². The number of methoxy groups -OCH3 is 1. The van der Waals surface area contributed by atoms with Gasteiger partial charge in [-0.15, -0.1) is 0 Å². The molecule has 0 radical (unpaired) electrons. The summed E-state index contributed by atoms with van der Waals surface area (Å²) in [5, 5.41) is 4.87. The molecule has 29 heavy (non-hydrogen) atoms. The van der Waals surface area contributed by atoms with Crippen LogP contribution in [0.5, 0.6) is 5.75 Å². The van der Waals surface area contributed by atoms with Gasteiger partial charge in [0.25, 0.3) is 0 Å². The highest BCUT2D eigenvalue weighted by atomic mass is 16.5. The van der Waals surface area contributed by atoms with Gasteiger partial charge in [-0.3, -0.25) is 4.98 Å². The summed E-state index contributed by atoms with van der Waals surface area (Å²) >= 11 is 0. The maximum absolute atomic E-state index is 5.34. The van der Waals surface area contributed by atoms with Crippen LogP contribution in [0.1, 0.15) is 31.0 Å². The van der Waals surface area contributed by atoms with Crippen molar-refractivity contribution >= 4 is 10.9 Å². The lowest BCUT2D eigenvalue weighted by atomic mass is 10.1. The van der Waals surface area contributed by atoms with Gasteiger partial charge < -0.3 is 14.6 Å². The normalized spacial score (nSPS) is 12.2. The summed E-state index contributed by atoms with van der Waals surface area (Å²) in [4.78, 5) is 4.54. The molecule has 0 bridgehead atoms. The molecule has 2 aromatic heterocycles. The molecule has 2 heterocycles. The van der Waals surface area contributed by atoms with Crippen molar-refractivity contribution in [1.29, 1.82) is 0 Å². The first-order valence-electron chi connectivity index (χ1n) is 10.1. The van der Waals surface area contributed by atoms with E-state index in [-0.39, 0.29) is 6.04 Å². The second-order valence-corrected chi connectivity index (χ2v) is 7.26. The Bertz CT molecular complexity index is 1100. The molecule has 4 aromatic rings. The van der Waals surface area contributed by atoms with Crippen molar-refractivity contribution in [2.24, 2.45) is 0 Å². The first kappa shape index (κ1) is 19.2. The van der Waals surface area contributed by atoms with Crippen molar-refractivity contribution in [2.45, 2.75) is 33.0 Å². The lowest BCUT2D eigenvalue weighted by molar-refractivity contribution is 0.413. The third-order valence-electron chi connectivity index (χ3n) is 5.42. The van der Waals surface area contributed by atoms with Crippen LogP contribution >= 0.6 is 0 Å². The number of pyridine rings is 1. The predicted molar refractivity (Wildman–Crippen MR) is 119 cm³/mol. The maximum Gasteiger partial charge on any atom is 0.119 e. The van der Waals surface area contributed by atoms with Crippen molar-refractivity contribution in [3.05, 3.63) is 84.1 Å². The quantitative estimate of drug-likeness (QED) is 0.451. The van der Waals surface area contributed by atoms with Crippen LogP contribution < -0.4 is 10.1 Å². The topological polar surface area (TPSA) is 39.1 Å². The van der Waals surface area contributed by atoms with Gasteiger partial charge in [0.05, 0.1) is 18.5 Å². The van der Waals surface area contributed by atoms with Crippen molar-refractivity contribution in [3.63, 3.8) is 0 Å². The van der Waals surface area contributed by atoms with E-state index in [0.717, 1.165) is 30.2 Å². The molecule has 0 aliphatic heterocycles. The molecule has 0 fully saturated rings. The van der Waals surface area contributed by atoms with E-state index in [1.54, 1.807) is 7.11 Å². The number of aromatic nitrogens is 2. The van der Waals surface area contributed by atoms with Gasteiger partial charge in [-0.25, -0.2) is 0 Å². The summed E-state index contributed by atoms with van der Waals surface area (Å²) in [6, 6.07) is 23.5. The van der Waals surface area contributed by atoms with Gasteiger partial charge in [-0.05, 0) is 67.4 Å². The molecule has 4 heteroatoms. The van der Waals surface area contributed by atoms with Gasteiger partial charge in [0.2, 0.25) is 0 Å². The number of nitrogens with zero attached hydrogens (tertiary/aromatic N) is 2. The van der Waals surface area contributed by atoms with Crippen LogP contribution in [0.2, 0.25) is 0 Å². The average molecular weight is 386 g/mol. The number of rotatable bonds is 7. The third-order valence-corrected chi connectivity index (χ3v) is 5.42. The van der Waals surface area contributed by atoms with Gasteiger partial charge in [0.15, 0.2) is 0 Å². The van der Waals surface area contributed by atoms with E-state index in [0.29, 0.717) is 0 Å². The minimum absolute atomic E-state index is 0.241. The van der Waals surface area contributed by atoms with Crippen LogP contribution in [-0.2, 0) is 13.1 Å². The van der Waals surface area contributed by atoms with E-state index < -0.39 is 0 Å². The fourth-order valence-corrected chi connectivity index (χ4v) is 3.80. The first-order valence-corrected chi connectivity index (χ1v) is 10.1. The van der Waals surface area contributed by atoms with Crippen molar-refractivity contribution in [1.82, 2.24) is 14.9 Å². The second kappa shape index (κ2) is 8.50. The molecule has 4 rings (SSSR count). The highest BCUT2D eigenvalue weighted by Crippen LogP contribution is 2.28. The van der Waals surface area contributed by atoms with Crippen LogP contribution in [0.4, 0.5) is 0 Å². The Labute approximate surface area is 172 Å². The van der Waals surface area contributed by atoms with E-state index in [4.69, 9.17) is 4.74 Å². The Morgan fingerprint density at radius 1 is 1.03 bits per heavy atom. The van der Waals surface area contributed by atoms with Gasteiger partial charge in [0, 0.05) is 36.2 Å². The standard InChI is InChI=1S/C25H27N3O/c1-4-28-24-12-11-19(14-21(24)16-25(28)23-10-5-6-13-26-23)17-27-18(2)20-8-7-9-22(15-20)29-3/h5-16,18,27H,4,17H2,1-3H3/t18-/m1/s1. The van der Waals surface area contributed by atoms with Crippen molar-refractivity contribution in [3.8, 4) is 17.1 Å². The van der Waals surface area contributed by atoms with Crippen LogP contribution in [-0.4, -0.2) is 16.7 Å². The summed E-state index contributed by atoms with van der Waals surface area (Å²) in [6.07, 6.45) is 1.85. The molecule has 0 spiro atoms. The average Bonchev–Trinajstić information content (AvgIpc) is 3.16. The molecule has 0 saturated carbocycles. The van der Waals surface area contributed by atoms with Gasteiger partial charge in [-0.2, -0.15) is 0 Å². The highest BCUT2D eigenvalue weighted by molar-refractivity contribution is 5.87. The fraction of sp³-hybridized carbons (Fsp3) is 0.240. The molecule has 0 amide bonds. The van der Waals surface area contributed by atoms with Crippen LogP contribution in [0.25, 0.3) is 22.3 Å². The molecule has 148 valence electrons. The fourth-order valence-electron chi connectivity index (χ4n) is 3.80. The second-order valence-electron chi connectivity index (χ2n) is 7.26. The summed E-state index contributed by atoms with van der Waals surface area (Å²) in [7, 11) is 1.70. The number of aryl methyl sites for hydroxylation is 1. The molecule has 0 saturated heterocycles. The lowest BCUT2D eigenvalue weighted by Crippen LogP contribution is -2.18. The SMILES string of the molecule is CCn1c(-c2ccccn2)cc2cc(CN[C@H](C)c3cccc(OC)c3)ccc21. The molecular weight excluding hydrogens is 358 g/mol. The molecule has 0 aliphatic carbocycles. The molecule has 0 unspecified atom stereocenters. The van der Waals surface area contributed by atoms with E-state index in [1.807, 2.05) is 30.5 Å². The Balaban J connectivity index is 1.56. The van der Waals surface area contributed by atoms with E-state index in [9.17, 15) is 0 Å². The van der Waals surface area contributed by atoms with Gasteiger partial charge >= 0.3 is 0 Å². The molecule has 0 aliphatic rings. The molecular formula is C25H27N3O. The molecule has 4 nitrogen and oxygen atoms in total. The van der Waals surface area contributed by atoms with Gasteiger partial charge in [-0.1, -0.05) is 24.3 Å². The number of hydrogen-bond acceptors (Lipinski definition) is 3. The zero-order chi connectivity index (χ0) is 20.2. The maximum atomic E-state index is 5.34. The van der Waals surface area contributed by atoms with Crippen LogP contribution in [0.3, 0.4) is 0 Å². The van der Waals surface area contributed by atoms with Crippen LogP contribution in [0, 0.1) is 0 Å². The summed E-state index contributed by atoms with van der Waals surface area (Å²) in [6.45, 7) is 6.08. The Kier molecular flexibility index (Phi) is 5.63. The van der Waals surface area contributed by atoms with E-state index in [2.05, 4.69) is 71.2 Å². The number of hydrogen-bond donors (Lipinski definition) is 1. The van der Waals surface area contributed by atoms with E-state index in [1.165, 1.54) is 22.0 Å². The van der Waals surface area contributed by atoms with Crippen molar-refractivity contribution in [2.75, 3.05) is 7.11 Å². The molecule has 2 aromatic carbocycles. The lowest BCUT2D eigenvalue weighted by Gasteiger charge is -2.15. The van der Waals surface area contributed by atoms with Crippen molar-refractivity contribution < 1.29 is 4.74 Å². The van der Waals surface area contributed by atoms with Crippen LogP contribution in [0.15, 0.2) is 72.9 Å². The highest BCUT2D eigenvalue weighted by Gasteiger charge is 2.11. The monoisotopic (exact) mass is 385 g/mol. The summed E-state index contributed by atoms with van der Waals surface area (Å²) < 4.78 is 7.67. The molecule has 1 atom stereocenters. The predicted octanol–water partition coefficient (Wildman–Crippen LogP) is 5.58. The summed E-state index contributed by atoms with van der Waals surface area (Å²) in [5.74, 6) is 0.889. The Morgan fingerprint density at radius 2 is 1.93 bits per heavy atom. The zero-order valence-corrected chi connectivity index (χ0v) is 17.2.